The van der Waals surface area contributed by atoms with Crippen LogP contribution in [-0.4, -0.2) is 17.6 Å². The molecule has 13 heavy (non-hydrogen) atoms. The molecule has 5 nitrogen and oxygen atoms in total. The minimum absolute atomic E-state index is 0.143. The SMILES string of the molecule is NCCc1csc(COC(N)=O)n1. The van der Waals surface area contributed by atoms with Gasteiger partial charge in [-0.25, -0.2) is 9.78 Å². The highest BCUT2D eigenvalue weighted by Gasteiger charge is 2.02. The predicted octanol–water partition coefficient (Wildman–Crippen LogP) is 0.240. The van der Waals surface area contributed by atoms with Crippen LogP contribution in [0.5, 0.6) is 0 Å². The highest BCUT2D eigenvalue weighted by Crippen LogP contribution is 2.10. The van der Waals surface area contributed by atoms with Crippen LogP contribution in [0.15, 0.2) is 5.38 Å². The minimum Gasteiger partial charge on any atom is -0.442 e. The van der Waals surface area contributed by atoms with E-state index in [1.165, 1.54) is 11.3 Å². The Morgan fingerprint density at radius 3 is 3.08 bits per heavy atom. The highest BCUT2D eigenvalue weighted by atomic mass is 32.1. The Balaban J connectivity index is 2.44. The van der Waals surface area contributed by atoms with Crippen molar-refractivity contribution in [3.63, 3.8) is 0 Å². The summed E-state index contributed by atoms with van der Waals surface area (Å²) >= 11 is 1.43. The van der Waals surface area contributed by atoms with E-state index in [1.807, 2.05) is 5.38 Å². The molecule has 0 aliphatic heterocycles. The number of rotatable bonds is 4. The van der Waals surface area contributed by atoms with Gasteiger partial charge in [-0.2, -0.15) is 0 Å². The van der Waals surface area contributed by atoms with E-state index in [4.69, 9.17) is 11.5 Å². The third-order valence-electron chi connectivity index (χ3n) is 1.34. The number of amides is 1. The van der Waals surface area contributed by atoms with Crippen LogP contribution in [-0.2, 0) is 17.8 Å². The number of hydrogen-bond acceptors (Lipinski definition) is 5. The van der Waals surface area contributed by atoms with Crippen LogP contribution in [0.1, 0.15) is 10.7 Å². The average Bonchev–Trinajstić information content (AvgIpc) is 2.50. The van der Waals surface area contributed by atoms with Crippen LogP contribution in [0, 0.1) is 0 Å². The maximum absolute atomic E-state index is 10.3. The van der Waals surface area contributed by atoms with Gasteiger partial charge in [-0.15, -0.1) is 11.3 Å². The van der Waals surface area contributed by atoms with Gasteiger partial charge in [0.15, 0.2) is 0 Å². The standard InChI is InChI=1S/C7H11N3O2S/c8-2-1-5-4-13-6(10-5)3-12-7(9)11/h4H,1-3,8H2,(H2,9,11). The Morgan fingerprint density at radius 2 is 2.46 bits per heavy atom. The van der Waals surface area contributed by atoms with Crippen molar-refractivity contribution in [1.82, 2.24) is 4.98 Å². The second kappa shape index (κ2) is 4.78. The summed E-state index contributed by atoms with van der Waals surface area (Å²) in [5, 5.41) is 2.63. The zero-order chi connectivity index (χ0) is 9.68. The number of thiazole rings is 1. The molecule has 1 aromatic heterocycles. The van der Waals surface area contributed by atoms with Gasteiger partial charge in [0.2, 0.25) is 0 Å². The highest BCUT2D eigenvalue weighted by molar-refractivity contribution is 7.09. The molecule has 4 N–H and O–H groups in total. The summed E-state index contributed by atoms with van der Waals surface area (Å²) in [6.45, 7) is 0.713. The number of carbonyl (C=O) groups excluding carboxylic acids is 1. The van der Waals surface area contributed by atoms with Crippen molar-refractivity contribution in [1.29, 1.82) is 0 Å². The average molecular weight is 201 g/mol. The Kier molecular flexibility index (Phi) is 3.66. The largest absolute Gasteiger partial charge is 0.442 e. The number of ether oxygens (including phenoxy) is 1. The van der Waals surface area contributed by atoms with Crippen molar-refractivity contribution in [2.75, 3.05) is 6.54 Å². The first kappa shape index (κ1) is 9.94. The molecule has 1 amide bonds. The van der Waals surface area contributed by atoms with E-state index in [0.29, 0.717) is 6.54 Å². The molecule has 0 atom stereocenters. The first-order valence-electron chi connectivity index (χ1n) is 3.78. The van der Waals surface area contributed by atoms with E-state index in [2.05, 4.69) is 9.72 Å². The van der Waals surface area contributed by atoms with Gasteiger partial charge in [0.25, 0.3) is 0 Å². The molecule has 0 aliphatic carbocycles. The summed E-state index contributed by atoms with van der Waals surface area (Å²) < 4.78 is 4.57. The summed E-state index contributed by atoms with van der Waals surface area (Å²) in [4.78, 5) is 14.4. The topological polar surface area (TPSA) is 91.2 Å². The molecule has 0 unspecified atom stereocenters. The van der Waals surface area contributed by atoms with Gasteiger partial charge in [-0.05, 0) is 6.54 Å². The van der Waals surface area contributed by atoms with Crippen LogP contribution in [0.3, 0.4) is 0 Å². The number of aromatic nitrogens is 1. The first-order chi connectivity index (χ1) is 6.22. The van der Waals surface area contributed by atoms with E-state index in [1.54, 1.807) is 0 Å². The van der Waals surface area contributed by atoms with E-state index in [0.717, 1.165) is 17.1 Å². The van der Waals surface area contributed by atoms with E-state index in [-0.39, 0.29) is 6.61 Å². The van der Waals surface area contributed by atoms with Crippen LogP contribution < -0.4 is 11.5 Å². The molecule has 6 heteroatoms. The van der Waals surface area contributed by atoms with Crippen molar-refractivity contribution in [2.45, 2.75) is 13.0 Å². The van der Waals surface area contributed by atoms with Crippen molar-refractivity contribution in [3.05, 3.63) is 16.1 Å². The number of primary amides is 1. The third-order valence-corrected chi connectivity index (χ3v) is 2.21. The second-order valence-electron chi connectivity index (χ2n) is 2.38. The monoisotopic (exact) mass is 201 g/mol. The maximum atomic E-state index is 10.3. The molecule has 0 spiro atoms. The summed E-state index contributed by atoms with van der Waals surface area (Å²) in [7, 11) is 0. The zero-order valence-corrected chi connectivity index (χ0v) is 7.84. The predicted molar refractivity (Wildman–Crippen MR) is 49.2 cm³/mol. The van der Waals surface area contributed by atoms with Crippen molar-refractivity contribution in [2.24, 2.45) is 11.5 Å². The summed E-state index contributed by atoms with van der Waals surface area (Å²) in [5.41, 5.74) is 11.1. The number of nitrogens with two attached hydrogens (primary N) is 2. The van der Waals surface area contributed by atoms with E-state index < -0.39 is 6.09 Å². The molecule has 72 valence electrons. The van der Waals surface area contributed by atoms with Gasteiger partial charge in [0.05, 0.1) is 5.69 Å². The van der Waals surface area contributed by atoms with Gasteiger partial charge in [0.1, 0.15) is 11.6 Å². The molecule has 0 radical (unpaired) electrons. The summed E-state index contributed by atoms with van der Waals surface area (Å²) in [5.74, 6) is 0. The van der Waals surface area contributed by atoms with Gasteiger partial charge in [0, 0.05) is 11.8 Å². The Hall–Kier alpha value is -1.14. The second-order valence-corrected chi connectivity index (χ2v) is 3.32. The molecule has 1 aromatic rings. The zero-order valence-electron chi connectivity index (χ0n) is 7.03. The fraction of sp³-hybridized carbons (Fsp3) is 0.429. The normalized spacial score (nSPS) is 9.92. The molecule has 0 aromatic carbocycles. The molecule has 0 saturated heterocycles. The lowest BCUT2D eigenvalue weighted by Gasteiger charge is -1.95. The Labute approximate surface area is 79.7 Å². The molecular formula is C7H11N3O2S. The van der Waals surface area contributed by atoms with Crippen molar-refractivity contribution >= 4 is 17.4 Å². The maximum Gasteiger partial charge on any atom is 0.404 e. The Bertz CT molecular complexity index is 287. The lowest BCUT2D eigenvalue weighted by Crippen LogP contribution is -2.12. The summed E-state index contributed by atoms with van der Waals surface area (Å²) in [6.07, 6.45) is -0.0387. The fourth-order valence-electron chi connectivity index (χ4n) is 0.811. The van der Waals surface area contributed by atoms with Crippen LogP contribution in [0.25, 0.3) is 0 Å². The van der Waals surface area contributed by atoms with E-state index >= 15 is 0 Å². The summed E-state index contributed by atoms with van der Waals surface area (Å²) in [6, 6.07) is 0. The lowest BCUT2D eigenvalue weighted by atomic mass is 10.3. The lowest BCUT2D eigenvalue weighted by molar-refractivity contribution is 0.150. The molecular weight excluding hydrogens is 190 g/mol. The molecule has 1 heterocycles. The number of carbonyl (C=O) groups is 1. The van der Waals surface area contributed by atoms with Crippen molar-refractivity contribution in [3.8, 4) is 0 Å². The Morgan fingerprint density at radius 1 is 1.69 bits per heavy atom. The number of nitrogens with zero attached hydrogens (tertiary/aromatic N) is 1. The van der Waals surface area contributed by atoms with Crippen molar-refractivity contribution < 1.29 is 9.53 Å². The van der Waals surface area contributed by atoms with Gasteiger partial charge in [-0.1, -0.05) is 0 Å². The van der Waals surface area contributed by atoms with Crippen LogP contribution in [0.2, 0.25) is 0 Å². The quantitative estimate of drug-likeness (QED) is 0.730. The smallest absolute Gasteiger partial charge is 0.404 e. The molecule has 0 saturated carbocycles. The number of hydrogen-bond donors (Lipinski definition) is 2. The van der Waals surface area contributed by atoms with Crippen LogP contribution >= 0.6 is 11.3 Å². The minimum atomic E-state index is -0.782. The molecule has 0 aliphatic rings. The molecule has 0 bridgehead atoms. The molecule has 0 fully saturated rings. The molecule has 1 rings (SSSR count). The van der Waals surface area contributed by atoms with E-state index in [9.17, 15) is 4.79 Å². The van der Waals surface area contributed by atoms with Gasteiger partial charge in [-0.3, -0.25) is 0 Å². The van der Waals surface area contributed by atoms with Gasteiger partial charge < -0.3 is 16.2 Å². The third kappa shape index (κ3) is 3.39. The fourth-order valence-corrected chi connectivity index (χ4v) is 1.55. The van der Waals surface area contributed by atoms with Crippen LogP contribution in [0.4, 0.5) is 4.79 Å². The van der Waals surface area contributed by atoms with Gasteiger partial charge >= 0.3 is 6.09 Å². The first-order valence-corrected chi connectivity index (χ1v) is 4.66.